The van der Waals surface area contributed by atoms with E-state index < -0.39 is 0 Å². The average Bonchev–Trinajstić information content (AvgIpc) is 2.61. The molecule has 86 valence electrons. The van der Waals surface area contributed by atoms with Gasteiger partial charge in [0.25, 0.3) is 5.91 Å². The van der Waals surface area contributed by atoms with Crippen LogP contribution in [-0.2, 0) is 9.63 Å². The van der Waals surface area contributed by atoms with Crippen LogP contribution in [0.2, 0.25) is 0 Å². The molecular weight excluding hydrogens is 206 g/mol. The van der Waals surface area contributed by atoms with Crippen molar-refractivity contribution < 1.29 is 14.7 Å². The largest absolute Gasteiger partial charge is 0.506 e. The molecule has 1 saturated heterocycles. The van der Waals surface area contributed by atoms with Crippen molar-refractivity contribution in [2.24, 2.45) is 5.92 Å². The Morgan fingerprint density at radius 2 is 2.12 bits per heavy atom. The van der Waals surface area contributed by atoms with E-state index in [1.807, 2.05) is 13.8 Å². The van der Waals surface area contributed by atoms with Crippen molar-refractivity contribution >= 4 is 11.6 Å². The van der Waals surface area contributed by atoms with Gasteiger partial charge in [0.1, 0.15) is 11.4 Å². The molecular formula is C12H15NO3. The van der Waals surface area contributed by atoms with Gasteiger partial charge in [-0.05, 0) is 18.1 Å². The summed E-state index contributed by atoms with van der Waals surface area (Å²) in [5.41, 5.74) is 0.413. The van der Waals surface area contributed by atoms with Crippen molar-refractivity contribution in [3.05, 3.63) is 24.3 Å². The Bertz CT molecular complexity index is 403. The minimum absolute atomic E-state index is 0.0558. The van der Waals surface area contributed by atoms with Gasteiger partial charge >= 0.3 is 0 Å². The summed E-state index contributed by atoms with van der Waals surface area (Å²) in [4.78, 5) is 17.3. The molecule has 1 amide bonds. The maximum Gasteiger partial charge on any atom is 0.253 e. The Labute approximate surface area is 94.4 Å². The normalized spacial score (nSPS) is 20.8. The molecule has 1 aliphatic heterocycles. The number of nitrogens with zero attached hydrogens (tertiary/aromatic N) is 1. The van der Waals surface area contributed by atoms with Crippen LogP contribution in [0.1, 0.15) is 20.3 Å². The number of phenols is 1. The number of hydrogen-bond acceptors (Lipinski definition) is 3. The molecule has 1 N–H and O–H groups in total. The van der Waals surface area contributed by atoms with Crippen molar-refractivity contribution in [3.8, 4) is 5.75 Å². The minimum Gasteiger partial charge on any atom is -0.506 e. The number of carbonyl (C=O) groups excluding carboxylic acids is 1. The number of rotatable bonds is 2. The fraction of sp³-hybridized carbons (Fsp3) is 0.417. The summed E-state index contributed by atoms with van der Waals surface area (Å²) in [5.74, 6) is 0.222. The zero-order valence-corrected chi connectivity index (χ0v) is 9.38. The number of hydrogen-bond donors (Lipinski definition) is 1. The number of hydroxylamine groups is 1. The van der Waals surface area contributed by atoms with Crippen LogP contribution in [-0.4, -0.2) is 17.1 Å². The number of para-hydroxylation sites is 2. The van der Waals surface area contributed by atoms with E-state index in [4.69, 9.17) is 4.84 Å². The molecule has 0 saturated carbocycles. The Morgan fingerprint density at radius 3 is 2.69 bits per heavy atom. The lowest BCUT2D eigenvalue weighted by atomic mass is 10.1. The van der Waals surface area contributed by atoms with Gasteiger partial charge in [-0.25, -0.2) is 0 Å². The highest BCUT2D eigenvalue weighted by atomic mass is 16.7. The van der Waals surface area contributed by atoms with Gasteiger partial charge in [0, 0.05) is 0 Å². The molecule has 1 unspecified atom stereocenters. The molecule has 1 atom stereocenters. The van der Waals surface area contributed by atoms with E-state index in [0.29, 0.717) is 12.1 Å². The second-order valence-electron chi connectivity index (χ2n) is 4.27. The third-order valence-corrected chi connectivity index (χ3v) is 2.69. The van der Waals surface area contributed by atoms with E-state index in [1.54, 1.807) is 18.2 Å². The van der Waals surface area contributed by atoms with E-state index in [9.17, 15) is 9.90 Å². The summed E-state index contributed by atoms with van der Waals surface area (Å²) < 4.78 is 0. The lowest BCUT2D eigenvalue weighted by molar-refractivity contribution is -0.119. The van der Waals surface area contributed by atoms with Crippen molar-refractivity contribution in [2.45, 2.75) is 26.4 Å². The van der Waals surface area contributed by atoms with Gasteiger partial charge in [-0.3, -0.25) is 9.63 Å². The molecule has 1 heterocycles. The SMILES string of the molecule is CC(C)C1CC(=O)N(c2ccccc2O)O1. The predicted octanol–water partition coefficient (Wildman–Crippen LogP) is 2.09. The molecule has 4 nitrogen and oxygen atoms in total. The Balaban J connectivity index is 2.24. The monoisotopic (exact) mass is 221 g/mol. The van der Waals surface area contributed by atoms with Crippen LogP contribution >= 0.6 is 0 Å². The maximum absolute atomic E-state index is 11.7. The number of amides is 1. The topological polar surface area (TPSA) is 49.8 Å². The van der Waals surface area contributed by atoms with E-state index in [2.05, 4.69) is 0 Å². The molecule has 0 bridgehead atoms. The van der Waals surface area contributed by atoms with Crippen LogP contribution in [0.25, 0.3) is 0 Å². The molecule has 0 aliphatic carbocycles. The van der Waals surface area contributed by atoms with Crippen LogP contribution < -0.4 is 5.06 Å². The first-order valence-corrected chi connectivity index (χ1v) is 5.37. The van der Waals surface area contributed by atoms with Gasteiger partial charge in [0.2, 0.25) is 0 Å². The van der Waals surface area contributed by atoms with Gasteiger partial charge in [-0.2, -0.15) is 5.06 Å². The van der Waals surface area contributed by atoms with E-state index in [0.717, 1.165) is 0 Å². The van der Waals surface area contributed by atoms with Gasteiger partial charge in [-0.15, -0.1) is 0 Å². The molecule has 1 aromatic rings. The van der Waals surface area contributed by atoms with Crippen molar-refractivity contribution in [2.75, 3.05) is 5.06 Å². The molecule has 1 aromatic carbocycles. The summed E-state index contributed by atoms with van der Waals surface area (Å²) in [5, 5.41) is 10.8. The van der Waals surface area contributed by atoms with E-state index >= 15 is 0 Å². The third kappa shape index (κ3) is 1.88. The fourth-order valence-electron chi connectivity index (χ4n) is 1.67. The Kier molecular flexibility index (Phi) is 2.83. The standard InChI is InChI=1S/C12H15NO3/c1-8(2)11-7-12(15)13(16-11)9-5-3-4-6-10(9)14/h3-6,8,11,14H,7H2,1-2H3. The van der Waals surface area contributed by atoms with Crippen LogP contribution in [0.4, 0.5) is 5.69 Å². The van der Waals surface area contributed by atoms with Gasteiger partial charge in [0.05, 0.1) is 12.5 Å². The lowest BCUT2D eigenvalue weighted by Crippen LogP contribution is -2.24. The summed E-state index contributed by atoms with van der Waals surface area (Å²) in [6, 6.07) is 6.66. The van der Waals surface area contributed by atoms with E-state index in [-0.39, 0.29) is 23.7 Å². The highest BCUT2D eigenvalue weighted by molar-refractivity contribution is 5.94. The minimum atomic E-state index is -0.111. The number of phenolic OH excluding ortho intramolecular Hbond substituents is 1. The first-order valence-electron chi connectivity index (χ1n) is 5.37. The van der Waals surface area contributed by atoms with Gasteiger partial charge in [0.15, 0.2) is 0 Å². The smallest absolute Gasteiger partial charge is 0.253 e. The number of benzene rings is 1. The number of carbonyl (C=O) groups is 1. The molecule has 0 aromatic heterocycles. The lowest BCUT2D eigenvalue weighted by Gasteiger charge is -2.18. The second kappa shape index (κ2) is 4.14. The van der Waals surface area contributed by atoms with Gasteiger partial charge in [-0.1, -0.05) is 26.0 Å². The van der Waals surface area contributed by atoms with Crippen LogP contribution in [0.15, 0.2) is 24.3 Å². The molecule has 1 aliphatic rings. The third-order valence-electron chi connectivity index (χ3n) is 2.69. The predicted molar refractivity (Wildman–Crippen MR) is 59.9 cm³/mol. The molecule has 2 rings (SSSR count). The maximum atomic E-state index is 11.7. The summed E-state index contributed by atoms with van der Waals surface area (Å²) >= 11 is 0. The van der Waals surface area contributed by atoms with Crippen LogP contribution in [0.3, 0.4) is 0 Å². The summed E-state index contributed by atoms with van der Waals surface area (Å²) in [6.07, 6.45) is 0.263. The van der Waals surface area contributed by atoms with Crippen molar-refractivity contribution in [1.82, 2.24) is 0 Å². The average molecular weight is 221 g/mol. The van der Waals surface area contributed by atoms with Crippen molar-refractivity contribution in [1.29, 1.82) is 0 Å². The molecule has 0 spiro atoms. The van der Waals surface area contributed by atoms with Crippen LogP contribution in [0.5, 0.6) is 5.75 Å². The second-order valence-corrected chi connectivity index (χ2v) is 4.27. The van der Waals surface area contributed by atoms with Crippen molar-refractivity contribution in [3.63, 3.8) is 0 Å². The number of aromatic hydroxyl groups is 1. The molecule has 16 heavy (non-hydrogen) atoms. The molecule has 4 heteroatoms. The highest BCUT2D eigenvalue weighted by Gasteiger charge is 2.34. The summed E-state index contributed by atoms with van der Waals surface area (Å²) in [7, 11) is 0. The van der Waals surface area contributed by atoms with E-state index in [1.165, 1.54) is 11.1 Å². The quantitative estimate of drug-likeness (QED) is 0.831. The molecule has 1 fully saturated rings. The molecule has 0 radical (unpaired) electrons. The van der Waals surface area contributed by atoms with Gasteiger partial charge < -0.3 is 5.11 Å². The van der Waals surface area contributed by atoms with Crippen LogP contribution in [0, 0.1) is 5.92 Å². The number of anilines is 1. The first-order chi connectivity index (χ1) is 7.59. The zero-order chi connectivity index (χ0) is 11.7. The zero-order valence-electron chi connectivity index (χ0n) is 9.38. The Hall–Kier alpha value is -1.55. The first kappa shape index (κ1) is 11.0. The fourth-order valence-corrected chi connectivity index (χ4v) is 1.67. The Morgan fingerprint density at radius 1 is 1.44 bits per heavy atom. The summed E-state index contributed by atoms with van der Waals surface area (Å²) in [6.45, 7) is 4.01. The highest BCUT2D eigenvalue weighted by Crippen LogP contribution is 2.32.